The molecule has 8 nitrogen and oxygen atoms in total. The summed E-state index contributed by atoms with van der Waals surface area (Å²) in [5, 5.41) is 11.7. The van der Waals surface area contributed by atoms with Gasteiger partial charge in [0.05, 0.1) is 6.10 Å². The van der Waals surface area contributed by atoms with Crippen molar-refractivity contribution >= 4 is 18.0 Å². The van der Waals surface area contributed by atoms with E-state index in [0.717, 1.165) is 27.2 Å². The second-order valence-corrected chi connectivity index (χ2v) is 7.79. The van der Waals surface area contributed by atoms with Crippen LogP contribution in [0.2, 0.25) is 0 Å². The largest absolute Gasteiger partial charge is 0.480 e. The Bertz CT molecular complexity index is 992. The Labute approximate surface area is 192 Å². The maximum absolute atomic E-state index is 13.0. The van der Waals surface area contributed by atoms with E-state index in [-0.39, 0.29) is 19.1 Å². The van der Waals surface area contributed by atoms with Gasteiger partial charge in [0.1, 0.15) is 19.2 Å². The fourth-order valence-electron chi connectivity index (χ4n) is 4.03. The zero-order valence-corrected chi connectivity index (χ0v) is 18.7. The quantitative estimate of drug-likeness (QED) is 0.537. The summed E-state index contributed by atoms with van der Waals surface area (Å²) in [6.45, 7) is 4.75. The van der Waals surface area contributed by atoms with E-state index in [1.54, 1.807) is 6.92 Å². The molecule has 0 fully saturated rings. The molecule has 0 aromatic heterocycles. The van der Waals surface area contributed by atoms with Crippen molar-refractivity contribution in [2.24, 2.45) is 0 Å². The SMILES string of the molecule is C=CCN(CC(=O)O)C(=O)[C@@H](NC(=O)OCC1c2ccccc2-c2ccccc21)[C@@H](C)OC. The van der Waals surface area contributed by atoms with E-state index in [1.165, 1.54) is 13.2 Å². The van der Waals surface area contributed by atoms with Crippen molar-refractivity contribution in [1.82, 2.24) is 10.2 Å². The number of fused-ring (bicyclic) bond motifs is 3. The van der Waals surface area contributed by atoms with Crippen molar-refractivity contribution in [3.63, 3.8) is 0 Å². The highest BCUT2D eigenvalue weighted by Gasteiger charge is 2.33. The lowest BCUT2D eigenvalue weighted by Crippen LogP contribution is -2.55. The highest BCUT2D eigenvalue weighted by molar-refractivity contribution is 5.89. The number of rotatable bonds is 10. The summed E-state index contributed by atoms with van der Waals surface area (Å²) in [5.74, 6) is -1.89. The maximum Gasteiger partial charge on any atom is 0.407 e. The minimum atomic E-state index is -1.17. The number of methoxy groups -OCH3 is 1. The molecule has 2 aromatic carbocycles. The number of ether oxygens (including phenoxy) is 2. The van der Waals surface area contributed by atoms with Crippen LogP contribution in [0, 0.1) is 0 Å². The molecular weight excluding hydrogens is 424 g/mol. The fraction of sp³-hybridized carbons (Fsp3) is 0.320. The van der Waals surface area contributed by atoms with Crippen molar-refractivity contribution in [3.8, 4) is 11.1 Å². The minimum absolute atomic E-state index is 0.0183. The smallest absolute Gasteiger partial charge is 0.407 e. The van der Waals surface area contributed by atoms with Gasteiger partial charge in [-0.15, -0.1) is 6.58 Å². The molecule has 0 radical (unpaired) electrons. The topological polar surface area (TPSA) is 105 Å². The van der Waals surface area contributed by atoms with E-state index < -0.39 is 36.7 Å². The summed E-state index contributed by atoms with van der Waals surface area (Å²) in [6.07, 6.45) is -0.0741. The Balaban J connectivity index is 1.72. The van der Waals surface area contributed by atoms with Crippen molar-refractivity contribution < 1.29 is 29.0 Å². The van der Waals surface area contributed by atoms with Crippen LogP contribution in [-0.2, 0) is 19.1 Å². The molecule has 2 amide bonds. The minimum Gasteiger partial charge on any atom is -0.480 e. The number of amides is 2. The van der Waals surface area contributed by atoms with Gasteiger partial charge in [-0.25, -0.2) is 4.79 Å². The number of carboxylic acids is 1. The first-order valence-electron chi connectivity index (χ1n) is 10.6. The van der Waals surface area contributed by atoms with Gasteiger partial charge < -0.3 is 24.8 Å². The summed E-state index contributed by atoms with van der Waals surface area (Å²) in [7, 11) is 1.40. The van der Waals surface area contributed by atoms with Gasteiger partial charge in [-0.3, -0.25) is 9.59 Å². The van der Waals surface area contributed by atoms with Crippen LogP contribution in [0.5, 0.6) is 0 Å². The van der Waals surface area contributed by atoms with Crippen molar-refractivity contribution in [3.05, 3.63) is 72.3 Å². The Hall–Kier alpha value is -3.65. The Morgan fingerprint density at radius 3 is 2.21 bits per heavy atom. The molecule has 33 heavy (non-hydrogen) atoms. The van der Waals surface area contributed by atoms with Gasteiger partial charge in [-0.05, 0) is 29.2 Å². The van der Waals surface area contributed by atoms with Crippen LogP contribution < -0.4 is 5.32 Å². The average Bonchev–Trinajstić information content (AvgIpc) is 3.13. The molecule has 1 aliphatic rings. The van der Waals surface area contributed by atoms with Gasteiger partial charge >= 0.3 is 12.1 Å². The number of carbonyl (C=O) groups is 3. The molecule has 0 aliphatic heterocycles. The highest BCUT2D eigenvalue weighted by Crippen LogP contribution is 2.44. The third-order valence-electron chi connectivity index (χ3n) is 5.71. The number of nitrogens with zero attached hydrogens (tertiary/aromatic N) is 1. The summed E-state index contributed by atoms with van der Waals surface area (Å²) in [5.41, 5.74) is 4.36. The zero-order valence-electron chi connectivity index (χ0n) is 18.7. The fourth-order valence-corrected chi connectivity index (χ4v) is 4.03. The second-order valence-electron chi connectivity index (χ2n) is 7.79. The van der Waals surface area contributed by atoms with Crippen LogP contribution in [0.4, 0.5) is 4.79 Å². The number of aliphatic carboxylic acids is 1. The number of hydrogen-bond donors (Lipinski definition) is 2. The molecule has 0 saturated carbocycles. The van der Waals surface area contributed by atoms with E-state index in [1.807, 2.05) is 48.5 Å². The Morgan fingerprint density at radius 2 is 1.70 bits per heavy atom. The van der Waals surface area contributed by atoms with E-state index in [4.69, 9.17) is 14.6 Å². The lowest BCUT2D eigenvalue weighted by atomic mass is 9.98. The normalized spacial score (nSPS) is 13.9. The van der Waals surface area contributed by atoms with Crippen molar-refractivity contribution in [2.45, 2.75) is 25.0 Å². The van der Waals surface area contributed by atoms with Crippen molar-refractivity contribution in [1.29, 1.82) is 0 Å². The Morgan fingerprint density at radius 1 is 1.12 bits per heavy atom. The average molecular weight is 453 g/mol. The van der Waals surface area contributed by atoms with Crippen molar-refractivity contribution in [2.75, 3.05) is 26.8 Å². The van der Waals surface area contributed by atoms with Crippen LogP contribution in [0.15, 0.2) is 61.2 Å². The van der Waals surface area contributed by atoms with Crippen LogP contribution in [0.25, 0.3) is 11.1 Å². The molecular formula is C25H28N2O6. The summed E-state index contributed by atoms with van der Waals surface area (Å²) in [4.78, 5) is 37.9. The van der Waals surface area contributed by atoms with Gasteiger partial charge in [0.2, 0.25) is 5.91 Å². The number of benzene rings is 2. The van der Waals surface area contributed by atoms with E-state index in [9.17, 15) is 14.4 Å². The van der Waals surface area contributed by atoms with Crippen LogP contribution in [0.1, 0.15) is 24.0 Å². The molecule has 2 aromatic rings. The lowest BCUT2D eigenvalue weighted by molar-refractivity contribution is -0.146. The molecule has 2 N–H and O–H groups in total. The van der Waals surface area contributed by atoms with Crippen LogP contribution >= 0.6 is 0 Å². The first-order chi connectivity index (χ1) is 15.9. The maximum atomic E-state index is 13.0. The molecule has 0 unspecified atom stereocenters. The molecule has 0 heterocycles. The molecule has 174 valence electrons. The first kappa shape index (κ1) is 24.0. The molecule has 2 atom stereocenters. The van der Waals surface area contributed by atoms with E-state index >= 15 is 0 Å². The van der Waals surface area contributed by atoms with Gasteiger partial charge in [0.15, 0.2) is 0 Å². The summed E-state index contributed by atoms with van der Waals surface area (Å²) < 4.78 is 10.8. The highest BCUT2D eigenvalue weighted by atomic mass is 16.5. The van der Waals surface area contributed by atoms with Gasteiger partial charge in [-0.1, -0.05) is 54.6 Å². The molecule has 3 rings (SSSR count). The van der Waals surface area contributed by atoms with Crippen LogP contribution in [-0.4, -0.2) is 66.9 Å². The van der Waals surface area contributed by atoms with Gasteiger partial charge in [0, 0.05) is 19.6 Å². The molecule has 8 heteroatoms. The Kier molecular flexibility index (Phi) is 7.84. The standard InChI is InChI=1S/C25H28N2O6/c1-4-13-27(14-22(28)29)24(30)23(16(2)32-3)26-25(31)33-15-21-19-11-7-5-9-17(19)18-10-6-8-12-20(18)21/h4-12,16,21,23H,1,13-15H2,2-3H3,(H,26,31)(H,28,29)/t16-,23+/m1/s1. The summed E-state index contributed by atoms with van der Waals surface area (Å²) in [6, 6.07) is 14.8. The first-order valence-corrected chi connectivity index (χ1v) is 10.6. The number of nitrogens with one attached hydrogen (secondary N) is 1. The third kappa shape index (κ3) is 5.40. The van der Waals surface area contributed by atoms with Gasteiger partial charge in [-0.2, -0.15) is 0 Å². The molecule has 0 spiro atoms. The monoisotopic (exact) mass is 452 g/mol. The number of alkyl carbamates (subject to hydrolysis) is 1. The van der Waals surface area contributed by atoms with Gasteiger partial charge in [0.25, 0.3) is 0 Å². The third-order valence-corrected chi connectivity index (χ3v) is 5.71. The molecule has 0 saturated heterocycles. The number of hydrogen-bond acceptors (Lipinski definition) is 5. The number of carbonyl (C=O) groups excluding carboxylic acids is 2. The summed E-state index contributed by atoms with van der Waals surface area (Å²) >= 11 is 0. The zero-order chi connectivity index (χ0) is 24.0. The predicted molar refractivity (Wildman–Crippen MR) is 123 cm³/mol. The second kappa shape index (κ2) is 10.8. The molecule has 1 aliphatic carbocycles. The van der Waals surface area contributed by atoms with E-state index in [0.29, 0.717) is 0 Å². The molecule has 0 bridgehead atoms. The lowest BCUT2D eigenvalue weighted by Gasteiger charge is -2.28. The van der Waals surface area contributed by atoms with Crippen LogP contribution in [0.3, 0.4) is 0 Å². The van der Waals surface area contributed by atoms with E-state index in [2.05, 4.69) is 11.9 Å². The number of carboxylic acid groups (broad SMARTS) is 1. The predicted octanol–water partition coefficient (Wildman–Crippen LogP) is 3.03.